The summed E-state index contributed by atoms with van der Waals surface area (Å²) in [4.78, 5) is 5.86. The number of hydroxylamine groups is 2. The van der Waals surface area contributed by atoms with Crippen LogP contribution >= 0.6 is 0 Å². The molecule has 1 saturated heterocycles. The van der Waals surface area contributed by atoms with E-state index in [-0.39, 0.29) is 5.41 Å². The molecular weight excluding hydrogens is 162 g/mol. The molecule has 13 heavy (non-hydrogen) atoms. The summed E-state index contributed by atoms with van der Waals surface area (Å²) in [6.07, 6.45) is 5.12. The zero-order chi connectivity index (χ0) is 9.64. The van der Waals surface area contributed by atoms with Gasteiger partial charge in [0.2, 0.25) is 0 Å². The summed E-state index contributed by atoms with van der Waals surface area (Å²) < 4.78 is 0. The molecule has 2 atom stereocenters. The van der Waals surface area contributed by atoms with Crippen molar-refractivity contribution >= 4 is 0 Å². The Morgan fingerprint density at radius 2 is 2.15 bits per heavy atom. The van der Waals surface area contributed by atoms with E-state index in [2.05, 4.69) is 33.9 Å². The van der Waals surface area contributed by atoms with Crippen molar-refractivity contribution in [3.8, 4) is 0 Å². The lowest BCUT2D eigenvalue weighted by atomic mass is 9.84. The van der Waals surface area contributed by atoms with Crippen molar-refractivity contribution in [1.82, 2.24) is 5.06 Å². The fourth-order valence-electron chi connectivity index (χ4n) is 2.34. The molecule has 0 aromatic heterocycles. The van der Waals surface area contributed by atoms with Gasteiger partial charge in [0.1, 0.15) is 6.10 Å². The molecular formula is C11H19NO. The van der Waals surface area contributed by atoms with Gasteiger partial charge < -0.3 is 0 Å². The summed E-state index contributed by atoms with van der Waals surface area (Å²) in [5.74, 6) is 0. The van der Waals surface area contributed by atoms with Crippen LogP contribution in [0, 0.1) is 5.41 Å². The summed E-state index contributed by atoms with van der Waals surface area (Å²) in [7, 11) is 2.05. The summed E-state index contributed by atoms with van der Waals surface area (Å²) in [5, 5.41) is 2.04. The largest absolute Gasteiger partial charge is 0.290 e. The van der Waals surface area contributed by atoms with E-state index in [0.29, 0.717) is 12.1 Å². The molecule has 0 bridgehead atoms. The maximum Gasteiger partial charge on any atom is 0.107 e. The van der Waals surface area contributed by atoms with Gasteiger partial charge in [-0.3, -0.25) is 4.84 Å². The highest BCUT2D eigenvalue weighted by molar-refractivity contribution is 5.25. The van der Waals surface area contributed by atoms with E-state index in [1.807, 2.05) is 5.06 Å². The first kappa shape index (κ1) is 9.22. The number of hydrogen-bond donors (Lipinski definition) is 0. The molecule has 1 aliphatic heterocycles. The molecule has 0 unspecified atom stereocenters. The van der Waals surface area contributed by atoms with Gasteiger partial charge in [-0.15, -0.1) is 0 Å². The van der Waals surface area contributed by atoms with Crippen molar-refractivity contribution in [3.05, 3.63) is 11.6 Å². The van der Waals surface area contributed by atoms with Crippen molar-refractivity contribution in [1.29, 1.82) is 0 Å². The topological polar surface area (TPSA) is 12.5 Å². The molecule has 2 aliphatic rings. The molecule has 2 rings (SSSR count). The average Bonchev–Trinajstić information content (AvgIpc) is 2.51. The van der Waals surface area contributed by atoms with Crippen molar-refractivity contribution in [2.45, 2.75) is 45.8 Å². The highest BCUT2D eigenvalue weighted by atomic mass is 16.7. The molecule has 0 amide bonds. The number of likely N-dealkylation sites (N-methyl/N-ethyl adjacent to an activating group) is 1. The smallest absolute Gasteiger partial charge is 0.107 e. The van der Waals surface area contributed by atoms with Crippen LogP contribution < -0.4 is 0 Å². The van der Waals surface area contributed by atoms with Crippen LogP contribution in [0.4, 0.5) is 0 Å². The first-order valence-corrected chi connectivity index (χ1v) is 5.09. The van der Waals surface area contributed by atoms with Gasteiger partial charge in [0.25, 0.3) is 0 Å². The lowest BCUT2D eigenvalue weighted by Crippen LogP contribution is -2.28. The zero-order valence-electron chi connectivity index (χ0n) is 9.00. The Morgan fingerprint density at radius 1 is 1.46 bits per heavy atom. The van der Waals surface area contributed by atoms with Gasteiger partial charge in [-0.25, -0.2) is 0 Å². The maximum atomic E-state index is 5.86. The van der Waals surface area contributed by atoms with Crippen molar-refractivity contribution in [2.24, 2.45) is 5.41 Å². The first-order valence-electron chi connectivity index (χ1n) is 5.09. The van der Waals surface area contributed by atoms with E-state index in [4.69, 9.17) is 4.84 Å². The van der Waals surface area contributed by atoms with Gasteiger partial charge in [-0.2, -0.15) is 5.06 Å². The average molecular weight is 181 g/mol. The Hall–Kier alpha value is -0.340. The molecule has 2 nitrogen and oxygen atoms in total. The summed E-state index contributed by atoms with van der Waals surface area (Å²) in [5.41, 5.74) is 1.73. The normalized spacial score (nSPS) is 34.9. The van der Waals surface area contributed by atoms with E-state index < -0.39 is 0 Å². The van der Waals surface area contributed by atoms with Gasteiger partial charge in [-0.05, 0) is 23.8 Å². The van der Waals surface area contributed by atoms with Crippen LogP contribution in [-0.2, 0) is 4.84 Å². The van der Waals surface area contributed by atoms with E-state index in [1.54, 1.807) is 0 Å². The fraction of sp³-hybridized carbons (Fsp3) is 0.818. The molecule has 0 radical (unpaired) electrons. The molecule has 0 N–H and O–H groups in total. The summed E-state index contributed by atoms with van der Waals surface area (Å²) in [6, 6.07) is 0.559. The molecule has 1 fully saturated rings. The minimum absolute atomic E-state index is 0.221. The van der Waals surface area contributed by atoms with E-state index >= 15 is 0 Å². The van der Waals surface area contributed by atoms with Crippen LogP contribution in [0.1, 0.15) is 33.6 Å². The highest BCUT2D eigenvalue weighted by Gasteiger charge is 2.43. The lowest BCUT2D eigenvalue weighted by molar-refractivity contribution is -0.167. The minimum atomic E-state index is 0.221. The van der Waals surface area contributed by atoms with Gasteiger partial charge in [0.15, 0.2) is 0 Å². The number of rotatable bonds is 0. The van der Waals surface area contributed by atoms with E-state index in [9.17, 15) is 0 Å². The van der Waals surface area contributed by atoms with Gasteiger partial charge in [0, 0.05) is 7.05 Å². The fourth-order valence-corrected chi connectivity index (χ4v) is 2.34. The van der Waals surface area contributed by atoms with Crippen LogP contribution in [0.5, 0.6) is 0 Å². The first-order chi connectivity index (χ1) is 6.00. The van der Waals surface area contributed by atoms with E-state index in [0.717, 1.165) is 0 Å². The molecule has 0 saturated carbocycles. The van der Waals surface area contributed by atoms with Crippen LogP contribution in [0.2, 0.25) is 0 Å². The number of fused-ring (bicyclic) bond motifs is 1. The van der Waals surface area contributed by atoms with E-state index in [1.165, 1.54) is 18.4 Å². The monoisotopic (exact) mass is 181 g/mol. The second kappa shape index (κ2) is 2.82. The summed E-state index contributed by atoms with van der Waals surface area (Å²) >= 11 is 0. The Bertz CT molecular complexity index is 239. The third-order valence-electron chi connectivity index (χ3n) is 3.00. The SMILES string of the molecule is CN1O[C@H](C(C)(C)C)C2=CCC[C@H]21. The molecule has 74 valence electrons. The van der Waals surface area contributed by atoms with Crippen LogP contribution in [0.15, 0.2) is 11.6 Å². The van der Waals surface area contributed by atoms with Crippen LogP contribution in [0.3, 0.4) is 0 Å². The second-order valence-electron chi connectivity index (χ2n) is 5.19. The molecule has 1 aliphatic carbocycles. The summed E-state index contributed by atoms with van der Waals surface area (Å²) in [6.45, 7) is 6.73. The van der Waals surface area contributed by atoms with Crippen molar-refractivity contribution in [3.63, 3.8) is 0 Å². The van der Waals surface area contributed by atoms with Crippen molar-refractivity contribution in [2.75, 3.05) is 7.05 Å². The highest BCUT2D eigenvalue weighted by Crippen LogP contribution is 2.41. The van der Waals surface area contributed by atoms with Gasteiger partial charge >= 0.3 is 0 Å². The predicted octanol–water partition coefficient (Wildman–Crippen LogP) is 2.37. The quantitative estimate of drug-likeness (QED) is 0.532. The van der Waals surface area contributed by atoms with Gasteiger partial charge in [0.05, 0.1) is 6.04 Å². The predicted molar refractivity (Wildman–Crippen MR) is 53.2 cm³/mol. The molecule has 0 aromatic rings. The Kier molecular flexibility index (Phi) is 2.00. The van der Waals surface area contributed by atoms with Gasteiger partial charge in [-0.1, -0.05) is 26.8 Å². The number of hydrogen-bond acceptors (Lipinski definition) is 2. The molecule has 0 spiro atoms. The number of nitrogens with zero attached hydrogens (tertiary/aromatic N) is 1. The molecule has 1 heterocycles. The standard InChI is InChI=1S/C11H19NO/c1-11(2,3)10-8-6-5-7-9(8)12(4)13-10/h6,9-10H,5,7H2,1-4H3/t9-,10+/m1/s1. The minimum Gasteiger partial charge on any atom is -0.290 e. The van der Waals surface area contributed by atoms with Crippen LogP contribution in [-0.4, -0.2) is 24.3 Å². The molecule has 0 aromatic carbocycles. The third-order valence-corrected chi connectivity index (χ3v) is 3.00. The Morgan fingerprint density at radius 3 is 2.77 bits per heavy atom. The number of allylic oxidation sites excluding steroid dienone is 1. The Balaban J connectivity index is 2.24. The second-order valence-corrected chi connectivity index (χ2v) is 5.19. The zero-order valence-corrected chi connectivity index (χ0v) is 9.00. The lowest BCUT2D eigenvalue weighted by Gasteiger charge is -2.26. The van der Waals surface area contributed by atoms with Crippen molar-refractivity contribution < 1.29 is 4.84 Å². The van der Waals surface area contributed by atoms with Crippen LogP contribution in [0.25, 0.3) is 0 Å². The molecule has 2 heteroatoms. The third kappa shape index (κ3) is 1.42. The Labute approximate surface area is 80.5 Å². The maximum absolute atomic E-state index is 5.86.